The SMILES string of the molecule is COc1cc(CC2CCCNC2)ccc1OC1CCN(C)CC1. The van der Waals surface area contributed by atoms with Gasteiger partial charge in [0.2, 0.25) is 0 Å². The van der Waals surface area contributed by atoms with Crippen molar-refractivity contribution in [2.45, 2.75) is 38.2 Å². The van der Waals surface area contributed by atoms with Gasteiger partial charge in [-0.2, -0.15) is 0 Å². The first-order valence-corrected chi connectivity index (χ1v) is 8.97. The van der Waals surface area contributed by atoms with Crippen LogP contribution in [-0.4, -0.2) is 51.3 Å². The zero-order valence-corrected chi connectivity index (χ0v) is 14.5. The Morgan fingerprint density at radius 2 is 2.00 bits per heavy atom. The van der Waals surface area contributed by atoms with Crippen LogP contribution in [0.15, 0.2) is 18.2 Å². The van der Waals surface area contributed by atoms with Crippen molar-refractivity contribution in [3.8, 4) is 11.5 Å². The van der Waals surface area contributed by atoms with E-state index in [1.54, 1.807) is 7.11 Å². The van der Waals surface area contributed by atoms with Crippen LogP contribution in [0, 0.1) is 5.92 Å². The minimum atomic E-state index is 0.313. The fourth-order valence-corrected chi connectivity index (χ4v) is 3.65. The monoisotopic (exact) mass is 318 g/mol. The summed E-state index contributed by atoms with van der Waals surface area (Å²) in [5.41, 5.74) is 1.35. The molecule has 0 bridgehead atoms. The predicted octanol–water partition coefficient (Wildman–Crippen LogP) is 2.71. The van der Waals surface area contributed by atoms with E-state index in [1.807, 2.05) is 0 Å². The molecule has 3 rings (SSSR count). The van der Waals surface area contributed by atoms with Crippen molar-refractivity contribution in [1.29, 1.82) is 0 Å². The van der Waals surface area contributed by atoms with Gasteiger partial charge in [0.25, 0.3) is 0 Å². The summed E-state index contributed by atoms with van der Waals surface area (Å²) >= 11 is 0. The minimum Gasteiger partial charge on any atom is -0.493 e. The van der Waals surface area contributed by atoms with Gasteiger partial charge in [0.15, 0.2) is 11.5 Å². The van der Waals surface area contributed by atoms with Crippen LogP contribution in [-0.2, 0) is 6.42 Å². The molecule has 4 heteroatoms. The maximum atomic E-state index is 6.21. The molecule has 2 aliphatic heterocycles. The molecule has 0 aliphatic carbocycles. The molecule has 1 aromatic carbocycles. The number of hydrogen-bond donors (Lipinski definition) is 1. The minimum absolute atomic E-state index is 0.313. The normalized spacial score (nSPS) is 23.7. The molecular formula is C19H30N2O2. The van der Waals surface area contributed by atoms with Crippen LogP contribution in [0.2, 0.25) is 0 Å². The van der Waals surface area contributed by atoms with Gasteiger partial charge >= 0.3 is 0 Å². The molecule has 4 nitrogen and oxygen atoms in total. The lowest BCUT2D eigenvalue weighted by Gasteiger charge is -2.29. The topological polar surface area (TPSA) is 33.7 Å². The third-order valence-corrected chi connectivity index (χ3v) is 5.11. The van der Waals surface area contributed by atoms with Crippen molar-refractivity contribution in [3.63, 3.8) is 0 Å². The van der Waals surface area contributed by atoms with Gasteiger partial charge in [0, 0.05) is 13.1 Å². The Kier molecular flexibility index (Phi) is 5.79. The van der Waals surface area contributed by atoms with Crippen LogP contribution in [0.4, 0.5) is 0 Å². The number of benzene rings is 1. The van der Waals surface area contributed by atoms with Crippen molar-refractivity contribution in [2.75, 3.05) is 40.3 Å². The van der Waals surface area contributed by atoms with Gasteiger partial charge in [-0.05, 0) is 75.9 Å². The van der Waals surface area contributed by atoms with Gasteiger partial charge in [-0.1, -0.05) is 6.07 Å². The van der Waals surface area contributed by atoms with Crippen molar-refractivity contribution < 1.29 is 9.47 Å². The lowest BCUT2D eigenvalue weighted by atomic mass is 9.92. The molecule has 2 heterocycles. The van der Waals surface area contributed by atoms with E-state index >= 15 is 0 Å². The van der Waals surface area contributed by atoms with E-state index in [4.69, 9.17) is 9.47 Å². The molecule has 0 aromatic heterocycles. The molecule has 2 aliphatic rings. The van der Waals surface area contributed by atoms with Gasteiger partial charge in [0.05, 0.1) is 7.11 Å². The van der Waals surface area contributed by atoms with Crippen molar-refractivity contribution >= 4 is 0 Å². The summed E-state index contributed by atoms with van der Waals surface area (Å²) in [6.45, 7) is 4.53. The van der Waals surface area contributed by atoms with E-state index in [0.29, 0.717) is 6.10 Å². The standard InChI is InChI=1S/C19H30N2O2/c1-21-10-7-17(8-11-21)23-18-6-5-15(13-19(18)22-2)12-16-4-3-9-20-14-16/h5-6,13,16-17,20H,3-4,7-12,14H2,1-2H3. The molecular weight excluding hydrogens is 288 g/mol. The van der Waals surface area contributed by atoms with Crippen LogP contribution < -0.4 is 14.8 Å². The zero-order valence-electron chi connectivity index (χ0n) is 14.5. The Hall–Kier alpha value is -1.26. The maximum Gasteiger partial charge on any atom is 0.161 e. The van der Waals surface area contributed by atoms with E-state index in [2.05, 4.69) is 35.5 Å². The molecule has 1 atom stereocenters. The maximum absolute atomic E-state index is 6.21. The molecule has 0 radical (unpaired) electrons. The van der Waals surface area contributed by atoms with Gasteiger partial charge in [0.1, 0.15) is 6.10 Å². The van der Waals surface area contributed by atoms with E-state index in [0.717, 1.165) is 56.3 Å². The van der Waals surface area contributed by atoms with Gasteiger partial charge in [-0.25, -0.2) is 0 Å². The molecule has 1 N–H and O–H groups in total. The van der Waals surface area contributed by atoms with Crippen LogP contribution in [0.1, 0.15) is 31.2 Å². The zero-order chi connectivity index (χ0) is 16.1. The Bertz CT molecular complexity index is 492. The second kappa shape index (κ2) is 8.02. The van der Waals surface area contributed by atoms with Gasteiger partial charge in [-0.15, -0.1) is 0 Å². The molecule has 2 saturated heterocycles. The van der Waals surface area contributed by atoms with Crippen LogP contribution in [0.5, 0.6) is 11.5 Å². The Balaban J connectivity index is 1.62. The molecule has 1 aromatic rings. The quantitative estimate of drug-likeness (QED) is 0.905. The van der Waals surface area contributed by atoms with Crippen LogP contribution in [0.3, 0.4) is 0 Å². The van der Waals surface area contributed by atoms with Crippen molar-refractivity contribution in [3.05, 3.63) is 23.8 Å². The fourth-order valence-electron chi connectivity index (χ4n) is 3.65. The summed E-state index contributed by atoms with van der Waals surface area (Å²) in [4.78, 5) is 2.36. The highest BCUT2D eigenvalue weighted by molar-refractivity contribution is 5.43. The number of hydrogen-bond acceptors (Lipinski definition) is 4. The Morgan fingerprint density at radius 1 is 1.17 bits per heavy atom. The largest absolute Gasteiger partial charge is 0.493 e. The number of likely N-dealkylation sites (tertiary alicyclic amines) is 1. The summed E-state index contributed by atoms with van der Waals surface area (Å²) < 4.78 is 11.8. The number of methoxy groups -OCH3 is 1. The Labute approximate surface area is 140 Å². The van der Waals surface area contributed by atoms with Crippen LogP contribution in [0.25, 0.3) is 0 Å². The van der Waals surface area contributed by atoms with Gasteiger partial charge in [-0.3, -0.25) is 0 Å². The Morgan fingerprint density at radius 3 is 2.70 bits per heavy atom. The van der Waals surface area contributed by atoms with Gasteiger partial charge < -0.3 is 19.7 Å². The number of piperidine rings is 2. The first-order chi connectivity index (χ1) is 11.2. The molecule has 2 fully saturated rings. The van der Waals surface area contributed by atoms with Crippen molar-refractivity contribution in [1.82, 2.24) is 10.2 Å². The molecule has 0 amide bonds. The number of ether oxygens (including phenoxy) is 2. The highest BCUT2D eigenvalue weighted by atomic mass is 16.5. The number of nitrogens with zero attached hydrogens (tertiary/aromatic N) is 1. The fraction of sp³-hybridized carbons (Fsp3) is 0.684. The molecule has 128 valence electrons. The van der Waals surface area contributed by atoms with E-state index < -0.39 is 0 Å². The highest BCUT2D eigenvalue weighted by Gasteiger charge is 2.20. The molecule has 1 unspecified atom stereocenters. The smallest absolute Gasteiger partial charge is 0.161 e. The molecule has 0 saturated carbocycles. The molecule has 0 spiro atoms. The lowest BCUT2D eigenvalue weighted by Crippen LogP contribution is -2.35. The summed E-state index contributed by atoms with van der Waals surface area (Å²) in [5.74, 6) is 2.52. The summed E-state index contributed by atoms with van der Waals surface area (Å²) in [6, 6.07) is 6.48. The summed E-state index contributed by atoms with van der Waals surface area (Å²) in [7, 11) is 3.91. The summed E-state index contributed by atoms with van der Waals surface area (Å²) in [6.07, 6.45) is 6.23. The second-order valence-corrected chi connectivity index (χ2v) is 7.02. The lowest BCUT2D eigenvalue weighted by molar-refractivity contribution is 0.111. The first-order valence-electron chi connectivity index (χ1n) is 8.97. The molecule has 23 heavy (non-hydrogen) atoms. The third-order valence-electron chi connectivity index (χ3n) is 5.11. The third kappa shape index (κ3) is 4.61. The highest BCUT2D eigenvalue weighted by Crippen LogP contribution is 2.31. The van der Waals surface area contributed by atoms with E-state index in [-0.39, 0.29) is 0 Å². The second-order valence-electron chi connectivity index (χ2n) is 7.02. The predicted molar refractivity (Wildman–Crippen MR) is 93.4 cm³/mol. The number of rotatable bonds is 5. The average molecular weight is 318 g/mol. The van der Waals surface area contributed by atoms with Crippen molar-refractivity contribution in [2.24, 2.45) is 5.92 Å². The first kappa shape index (κ1) is 16.6. The number of nitrogens with one attached hydrogen (secondary N) is 1. The average Bonchev–Trinajstić information content (AvgIpc) is 2.59. The van der Waals surface area contributed by atoms with E-state index in [1.165, 1.54) is 24.9 Å². The summed E-state index contributed by atoms with van der Waals surface area (Å²) in [5, 5.41) is 3.49. The van der Waals surface area contributed by atoms with Crippen LogP contribution >= 0.6 is 0 Å². The van der Waals surface area contributed by atoms with E-state index in [9.17, 15) is 0 Å².